The molecule has 2 aromatic rings. The van der Waals surface area contributed by atoms with Crippen LogP contribution in [-0.2, 0) is 17.1 Å². The third-order valence-electron chi connectivity index (χ3n) is 2.65. The number of halogens is 1. The van der Waals surface area contributed by atoms with Gasteiger partial charge in [0.1, 0.15) is 5.75 Å². The van der Waals surface area contributed by atoms with Crippen molar-refractivity contribution in [2.75, 3.05) is 17.1 Å². The Balaban J connectivity index is 2.31. The number of nitrogens with one attached hydrogen (secondary N) is 1. The number of imidazole rings is 1. The van der Waals surface area contributed by atoms with Gasteiger partial charge >= 0.3 is 0 Å². The summed E-state index contributed by atoms with van der Waals surface area (Å²) in [6, 6.07) is 4.62. The quantitative estimate of drug-likeness (QED) is 0.871. The summed E-state index contributed by atoms with van der Waals surface area (Å²) in [6.45, 7) is 2.30. The molecule has 0 saturated carbocycles. The van der Waals surface area contributed by atoms with Crippen molar-refractivity contribution >= 4 is 33.1 Å². The smallest absolute Gasteiger partial charge is 0.281 e. The van der Waals surface area contributed by atoms with Crippen LogP contribution in [0.3, 0.4) is 0 Å². The fraction of sp³-hybridized carbons (Fsp3) is 0.250. The van der Waals surface area contributed by atoms with Crippen LogP contribution < -0.4 is 15.2 Å². The monoisotopic (exact) mass is 330 g/mol. The number of sulfonamides is 1. The molecule has 0 spiro atoms. The van der Waals surface area contributed by atoms with Crippen molar-refractivity contribution < 1.29 is 13.2 Å². The molecule has 0 saturated heterocycles. The van der Waals surface area contributed by atoms with E-state index in [0.717, 1.165) is 0 Å². The molecule has 1 heterocycles. The summed E-state index contributed by atoms with van der Waals surface area (Å²) in [5, 5.41) is 0.211. The van der Waals surface area contributed by atoms with Crippen molar-refractivity contribution in [2.45, 2.75) is 11.9 Å². The molecule has 0 atom stereocenters. The Morgan fingerprint density at radius 3 is 2.71 bits per heavy atom. The SMILES string of the molecule is CCOc1ccc(NS(=O)(=O)c2c(N)ncn2C)cc1Cl. The molecule has 114 valence electrons. The first-order valence-corrected chi connectivity index (χ1v) is 7.93. The molecule has 2 rings (SSSR count). The van der Waals surface area contributed by atoms with Crippen molar-refractivity contribution in [2.24, 2.45) is 7.05 Å². The molecule has 9 heteroatoms. The van der Waals surface area contributed by atoms with Crippen molar-refractivity contribution in [3.8, 4) is 5.75 Å². The van der Waals surface area contributed by atoms with Crippen molar-refractivity contribution in [3.05, 3.63) is 29.5 Å². The van der Waals surface area contributed by atoms with E-state index in [1.165, 1.54) is 17.0 Å². The number of anilines is 2. The molecule has 0 amide bonds. The van der Waals surface area contributed by atoms with Gasteiger partial charge in [0.2, 0.25) is 0 Å². The van der Waals surface area contributed by atoms with Crippen molar-refractivity contribution in [1.82, 2.24) is 9.55 Å². The summed E-state index contributed by atoms with van der Waals surface area (Å²) in [5.41, 5.74) is 5.89. The maximum Gasteiger partial charge on any atom is 0.281 e. The predicted molar refractivity (Wildman–Crippen MR) is 81.0 cm³/mol. The molecule has 1 aromatic heterocycles. The summed E-state index contributed by atoms with van der Waals surface area (Å²) in [6.07, 6.45) is 1.33. The minimum Gasteiger partial charge on any atom is -0.492 e. The summed E-state index contributed by atoms with van der Waals surface area (Å²) >= 11 is 6.02. The maximum absolute atomic E-state index is 12.3. The Bertz CT molecular complexity index is 738. The van der Waals surface area contributed by atoms with Gasteiger partial charge in [0.15, 0.2) is 10.8 Å². The number of nitrogens with zero attached hydrogens (tertiary/aromatic N) is 2. The summed E-state index contributed by atoms with van der Waals surface area (Å²) in [5.74, 6) is 0.421. The van der Waals surface area contributed by atoms with Crippen LogP contribution in [0.15, 0.2) is 29.6 Å². The number of nitrogen functional groups attached to an aromatic ring is 1. The number of aromatic nitrogens is 2. The highest BCUT2D eigenvalue weighted by Crippen LogP contribution is 2.29. The second-order valence-corrected chi connectivity index (χ2v) is 6.23. The molecule has 1 aromatic carbocycles. The molecule has 0 unspecified atom stereocenters. The van der Waals surface area contributed by atoms with E-state index in [1.807, 2.05) is 6.92 Å². The van der Waals surface area contributed by atoms with Crippen LogP contribution in [0.5, 0.6) is 5.75 Å². The highest BCUT2D eigenvalue weighted by molar-refractivity contribution is 7.92. The molecule has 0 aliphatic carbocycles. The fourth-order valence-corrected chi connectivity index (χ4v) is 3.33. The lowest BCUT2D eigenvalue weighted by Crippen LogP contribution is -2.17. The summed E-state index contributed by atoms with van der Waals surface area (Å²) in [7, 11) is -2.30. The first-order chi connectivity index (χ1) is 9.85. The lowest BCUT2D eigenvalue weighted by Gasteiger charge is -2.11. The van der Waals surface area contributed by atoms with E-state index < -0.39 is 10.0 Å². The van der Waals surface area contributed by atoms with Gasteiger partial charge in [-0.1, -0.05) is 11.6 Å². The Kier molecular flexibility index (Phi) is 4.29. The highest BCUT2D eigenvalue weighted by atomic mass is 35.5. The van der Waals surface area contributed by atoms with Gasteiger partial charge in [0.05, 0.1) is 23.6 Å². The van der Waals surface area contributed by atoms with E-state index in [1.54, 1.807) is 19.2 Å². The molecule has 0 fully saturated rings. The Morgan fingerprint density at radius 2 is 2.19 bits per heavy atom. The normalized spacial score (nSPS) is 11.4. The van der Waals surface area contributed by atoms with Crippen LogP contribution in [0.25, 0.3) is 0 Å². The summed E-state index contributed by atoms with van der Waals surface area (Å²) in [4.78, 5) is 3.76. The predicted octanol–water partition coefficient (Wildman–Crippen LogP) is 1.86. The van der Waals surface area contributed by atoms with Crippen molar-refractivity contribution in [1.29, 1.82) is 0 Å². The largest absolute Gasteiger partial charge is 0.492 e. The lowest BCUT2D eigenvalue weighted by molar-refractivity contribution is 0.340. The van der Waals surface area contributed by atoms with E-state index in [2.05, 4.69) is 9.71 Å². The van der Waals surface area contributed by atoms with Crippen LogP contribution in [0.4, 0.5) is 11.5 Å². The van der Waals surface area contributed by atoms with E-state index in [0.29, 0.717) is 23.1 Å². The first kappa shape index (κ1) is 15.5. The zero-order valence-corrected chi connectivity index (χ0v) is 13.1. The highest BCUT2D eigenvalue weighted by Gasteiger charge is 2.22. The number of nitrogens with two attached hydrogens (primary N) is 1. The molecule has 0 bridgehead atoms. The first-order valence-electron chi connectivity index (χ1n) is 6.07. The van der Waals surface area contributed by atoms with Crippen LogP contribution in [0.2, 0.25) is 5.02 Å². The van der Waals surface area contributed by atoms with Crippen LogP contribution in [0.1, 0.15) is 6.92 Å². The molecular formula is C12H15ClN4O3S. The van der Waals surface area contributed by atoms with Gasteiger partial charge in [-0.3, -0.25) is 4.72 Å². The number of benzene rings is 1. The molecule has 0 radical (unpaired) electrons. The van der Waals surface area contributed by atoms with Gasteiger partial charge in [-0.05, 0) is 25.1 Å². The Morgan fingerprint density at radius 1 is 1.48 bits per heavy atom. The molecule has 0 aliphatic heterocycles. The average molecular weight is 331 g/mol. The molecule has 21 heavy (non-hydrogen) atoms. The van der Waals surface area contributed by atoms with E-state index in [4.69, 9.17) is 22.1 Å². The van der Waals surface area contributed by atoms with E-state index >= 15 is 0 Å². The number of rotatable bonds is 5. The molecule has 0 aliphatic rings. The third kappa shape index (κ3) is 3.22. The number of ether oxygens (including phenoxy) is 1. The Hall–Kier alpha value is -1.93. The molecule has 3 N–H and O–H groups in total. The van der Waals surface area contributed by atoms with Gasteiger partial charge in [-0.15, -0.1) is 0 Å². The average Bonchev–Trinajstić information content (AvgIpc) is 2.73. The van der Waals surface area contributed by atoms with Crippen LogP contribution in [0, 0.1) is 0 Å². The minimum absolute atomic E-state index is 0.0676. The maximum atomic E-state index is 12.3. The summed E-state index contributed by atoms with van der Waals surface area (Å²) < 4.78 is 33.6. The topological polar surface area (TPSA) is 99.2 Å². The van der Waals surface area contributed by atoms with Crippen molar-refractivity contribution in [3.63, 3.8) is 0 Å². The number of hydrogen-bond donors (Lipinski definition) is 2. The van der Waals surface area contributed by atoms with Gasteiger partial charge in [0.25, 0.3) is 10.0 Å². The van der Waals surface area contributed by atoms with Gasteiger partial charge in [-0.25, -0.2) is 4.98 Å². The number of aryl methyl sites for hydroxylation is 1. The molecule has 7 nitrogen and oxygen atoms in total. The second kappa shape index (κ2) is 5.82. The molecular weight excluding hydrogens is 316 g/mol. The fourth-order valence-electron chi connectivity index (χ4n) is 1.80. The zero-order chi connectivity index (χ0) is 15.6. The van der Waals surface area contributed by atoms with E-state index in [9.17, 15) is 8.42 Å². The number of hydrogen-bond acceptors (Lipinski definition) is 5. The second-order valence-electron chi connectivity index (χ2n) is 4.23. The van der Waals surface area contributed by atoms with Gasteiger partial charge < -0.3 is 15.0 Å². The van der Waals surface area contributed by atoms with Gasteiger partial charge in [-0.2, -0.15) is 8.42 Å². The van der Waals surface area contributed by atoms with Crippen LogP contribution in [-0.4, -0.2) is 24.6 Å². The Labute approximate surface area is 127 Å². The van der Waals surface area contributed by atoms with Gasteiger partial charge in [0, 0.05) is 7.05 Å². The third-order valence-corrected chi connectivity index (χ3v) is 4.45. The standard InChI is InChI=1S/C12H15ClN4O3S/c1-3-20-10-5-4-8(6-9(10)13)16-21(18,19)12-11(14)15-7-17(12)2/h4-7,16H,3,14H2,1-2H3. The van der Waals surface area contributed by atoms with E-state index in [-0.39, 0.29) is 10.8 Å². The van der Waals surface area contributed by atoms with Crippen LogP contribution >= 0.6 is 11.6 Å². The zero-order valence-electron chi connectivity index (χ0n) is 11.5. The minimum atomic E-state index is -3.85. The lowest BCUT2D eigenvalue weighted by atomic mass is 10.3.